The summed E-state index contributed by atoms with van der Waals surface area (Å²) in [4.78, 5) is 0. The van der Waals surface area contributed by atoms with Crippen LogP contribution in [0.15, 0.2) is 0 Å². The molecule has 0 aromatic heterocycles. The number of unbranched alkanes of at least 4 members (excludes halogenated alkanes) is 15. The van der Waals surface area contributed by atoms with Crippen molar-refractivity contribution in [3.8, 4) is 0 Å². The summed E-state index contributed by atoms with van der Waals surface area (Å²) < 4.78 is 6.43. The molecule has 0 aliphatic rings. The van der Waals surface area contributed by atoms with E-state index >= 15 is 0 Å². The molecule has 0 bridgehead atoms. The van der Waals surface area contributed by atoms with Gasteiger partial charge in [0.15, 0.2) is 0 Å². The van der Waals surface area contributed by atoms with Crippen molar-refractivity contribution in [1.29, 1.82) is 0 Å². The van der Waals surface area contributed by atoms with Crippen LogP contribution in [0.1, 0.15) is 149 Å². The predicted molar refractivity (Wildman–Crippen MR) is 131 cm³/mol. The number of aliphatic hydroxyl groups excluding tert-OH is 2. The minimum Gasteiger partial charge on any atom is -0.394 e. The Bertz CT molecular complexity index is 316. The molecule has 182 valence electrons. The molecule has 0 amide bonds. The van der Waals surface area contributed by atoms with Crippen LogP contribution in [0, 0.1) is 0 Å². The van der Waals surface area contributed by atoms with Gasteiger partial charge in [0.2, 0.25) is 0 Å². The lowest BCUT2D eigenvalue weighted by atomic mass is 9.84. The van der Waals surface area contributed by atoms with Crippen LogP contribution in [-0.2, 0) is 4.74 Å². The van der Waals surface area contributed by atoms with E-state index in [1.54, 1.807) is 0 Å². The second-order valence-corrected chi connectivity index (χ2v) is 9.41. The van der Waals surface area contributed by atoms with Crippen molar-refractivity contribution in [2.24, 2.45) is 0 Å². The van der Waals surface area contributed by atoms with Crippen LogP contribution in [0.5, 0.6) is 0 Å². The average Bonchev–Trinajstić information content (AvgIpc) is 2.76. The summed E-state index contributed by atoms with van der Waals surface area (Å²) in [6.07, 6.45) is 23.4. The minimum absolute atomic E-state index is 0.192. The SMILES string of the molecule is CCCCCCCCOC(CCCCCCCC)(CCCCCCCC)C(O)CO. The molecule has 2 N–H and O–H groups in total. The van der Waals surface area contributed by atoms with E-state index in [9.17, 15) is 10.2 Å². The third-order valence-corrected chi connectivity index (χ3v) is 6.57. The highest BCUT2D eigenvalue weighted by Crippen LogP contribution is 2.31. The van der Waals surface area contributed by atoms with Gasteiger partial charge < -0.3 is 14.9 Å². The molecule has 0 heterocycles. The Morgan fingerprint density at radius 1 is 0.567 bits per heavy atom. The van der Waals surface area contributed by atoms with E-state index in [-0.39, 0.29) is 6.61 Å². The van der Waals surface area contributed by atoms with Crippen molar-refractivity contribution in [3.63, 3.8) is 0 Å². The molecule has 0 aromatic carbocycles. The Labute approximate surface area is 189 Å². The highest BCUT2D eigenvalue weighted by molar-refractivity contribution is 4.88. The summed E-state index contributed by atoms with van der Waals surface area (Å²) in [5.74, 6) is 0. The highest BCUT2D eigenvalue weighted by Gasteiger charge is 2.37. The fraction of sp³-hybridized carbons (Fsp3) is 1.00. The lowest BCUT2D eigenvalue weighted by molar-refractivity contribution is -0.148. The number of rotatable bonds is 24. The molecule has 0 fully saturated rings. The molecule has 0 aliphatic heterocycles. The third kappa shape index (κ3) is 15.6. The zero-order valence-electron chi connectivity index (χ0n) is 20.9. The molecule has 0 saturated carbocycles. The van der Waals surface area contributed by atoms with Crippen molar-refractivity contribution >= 4 is 0 Å². The number of aliphatic hydroxyl groups is 2. The van der Waals surface area contributed by atoms with Crippen LogP contribution in [0.3, 0.4) is 0 Å². The molecular weight excluding hydrogens is 372 g/mol. The van der Waals surface area contributed by atoms with E-state index in [0.29, 0.717) is 0 Å². The maximum absolute atomic E-state index is 10.7. The van der Waals surface area contributed by atoms with Crippen LogP contribution in [0.2, 0.25) is 0 Å². The van der Waals surface area contributed by atoms with Gasteiger partial charge in [0.25, 0.3) is 0 Å². The normalized spacial score (nSPS) is 13.1. The van der Waals surface area contributed by atoms with Crippen LogP contribution in [0.4, 0.5) is 0 Å². The van der Waals surface area contributed by atoms with Gasteiger partial charge in [0.1, 0.15) is 6.10 Å². The Kier molecular flexibility index (Phi) is 22.0. The topological polar surface area (TPSA) is 49.7 Å². The van der Waals surface area contributed by atoms with Crippen LogP contribution < -0.4 is 0 Å². The van der Waals surface area contributed by atoms with Crippen molar-refractivity contribution < 1.29 is 14.9 Å². The second-order valence-electron chi connectivity index (χ2n) is 9.41. The molecule has 3 heteroatoms. The maximum Gasteiger partial charge on any atom is 0.106 e. The zero-order chi connectivity index (χ0) is 22.3. The van der Waals surface area contributed by atoms with Crippen molar-refractivity contribution in [2.75, 3.05) is 13.2 Å². The Morgan fingerprint density at radius 3 is 1.33 bits per heavy atom. The van der Waals surface area contributed by atoms with Gasteiger partial charge in [0, 0.05) is 6.61 Å². The van der Waals surface area contributed by atoms with E-state index in [0.717, 1.165) is 38.7 Å². The van der Waals surface area contributed by atoms with Gasteiger partial charge in [0.05, 0.1) is 12.2 Å². The van der Waals surface area contributed by atoms with Crippen LogP contribution >= 0.6 is 0 Å². The van der Waals surface area contributed by atoms with E-state index in [2.05, 4.69) is 20.8 Å². The largest absolute Gasteiger partial charge is 0.394 e. The summed E-state index contributed by atoms with van der Waals surface area (Å²) in [7, 11) is 0. The quantitative estimate of drug-likeness (QED) is 0.153. The summed E-state index contributed by atoms with van der Waals surface area (Å²) in [6, 6.07) is 0. The maximum atomic E-state index is 10.7. The number of hydrogen-bond acceptors (Lipinski definition) is 3. The molecule has 0 saturated heterocycles. The standard InChI is InChI=1S/C27H56O3/c1-4-7-10-13-16-19-22-27(26(29)25-28,23-20-17-14-11-8-5-2)30-24-21-18-15-12-9-6-3/h26,28-29H,4-25H2,1-3H3. The molecule has 3 nitrogen and oxygen atoms in total. The molecule has 0 spiro atoms. The van der Waals surface area contributed by atoms with Crippen molar-refractivity contribution in [1.82, 2.24) is 0 Å². The smallest absolute Gasteiger partial charge is 0.106 e. The fourth-order valence-electron chi connectivity index (χ4n) is 4.43. The fourth-order valence-corrected chi connectivity index (χ4v) is 4.43. The van der Waals surface area contributed by atoms with Crippen molar-refractivity contribution in [2.45, 2.75) is 161 Å². The van der Waals surface area contributed by atoms with E-state index in [4.69, 9.17) is 4.74 Å². The van der Waals surface area contributed by atoms with Gasteiger partial charge in [-0.1, -0.05) is 130 Å². The lowest BCUT2D eigenvalue weighted by Crippen LogP contribution is -2.47. The first-order chi connectivity index (χ1) is 14.7. The van der Waals surface area contributed by atoms with Crippen LogP contribution in [0.25, 0.3) is 0 Å². The van der Waals surface area contributed by atoms with Gasteiger partial charge in [-0.2, -0.15) is 0 Å². The summed E-state index contributed by atoms with van der Waals surface area (Å²) >= 11 is 0. The van der Waals surface area contributed by atoms with Gasteiger partial charge >= 0.3 is 0 Å². The average molecular weight is 429 g/mol. The van der Waals surface area contributed by atoms with Gasteiger partial charge in [-0.15, -0.1) is 0 Å². The number of hydrogen-bond donors (Lipinski definition) is 2. The molecule has 0 rings (SSSR count). The minimum atomic E-state index is -0.760. The molecule has 1 atom stereocenters. The monoisotopic (exact) mass is 428 g/mol. The Balaban J connectivity index is 4.60. The van der Waals surface area contributed by atoms with Gasteiger partial charge in [-0.25, -0.2) is 0 Å². The van der Waals surface area contributed by atoms with E-state index < -0.39 is 11.7 Å². The summed E-state index contributed by atoms with van der Waals surface area (Å²) in [6.45, 7) is 7.27. The van der Waals surface area contributed by atoms with Gasteiger partial charge in [-0.3, -0.25) is 0 Å². The number of ether oxygens (including phenoxy) is 1. The molecule has 1 unspecified atom stereocenters. The molecule has 30 heavy (non-hydrogen) atoms. The molecule has 0 radical (unpaired) electrons. The first-order valence-electron chi connectivity index (χ1n) is 13.6. The van der Waals surface area contributed by atoms with E-state index in [1.807, 2.05) is 0 Å². The molecular formula is C27H56O3. The van der Waals surface area contributed by atoms with Crippen LogP contribution in [-0.4, -0.2) is 35.1 Å². The molecule has 0 aromatic rings. The first kappa shape index (κ1) is 29.9. The summed E-state index contributed by atoms with van der Waals surface area (Å²) in [5, 5.41) is 20.5. The first-order valence-corrected chi connectivity index (χ1v) is 13.6. The van der Waals surface area contributed by atoms with Gasteiger partial charge in [-0.05, 0) is 19.3 Å². The second kappa shape index (κ2) is 22.1. The third-order valence-electron chi connectivity index (χ3n) is 6.57. The zero-order valence-corrected chi connectivity index (χ0v) is 20.9. The Hall–Kier alpha value is -0.120. The highest BCUT2D eigenvalue weighted by atomic mass is 16.5. The predicted octanol–water partition coefficient (Wildman–Crippen LogP) is 7.96. The van der Waals surface area contributed by atoms with E-state index in [1.165, 1.54) is 96.3 Å². The van der Waals surface area contributed by atoms with Crippen molar-refractivity contribution in [3.05, 3.63) is 0 Å². The molecule has 0 aliphatic carbocycles. The summed E-state index contributed by atoms with van der Waals surface area (Å²) in [5.41, 5.74) is -0.548. The lowest BCUT2D eigenvalue weighted by Gasteiger charge is -2.38. The Morgan fingerprint density at radius 2 is 0.933 bits per heavy atom.